The Bertz CT molecular complexity index is 1770. The van der Waals surface area contributed by atoms with Crippen molar-refractivity contribution in [3.8, 4) is 11.5 Å². The predicted octanol–water partition coefficient (Wildman–Crippen LogP) is 2.08. The number of ether oxygens (including phenoxy) is 3. The van der Waals surface area contributed by atoms with Crippen LogP contribution in [-0.2, 0) is 19.1 Å². The lowest BCUT2D eigenvalue weighted by molar-refractivity contribution is -0.139. The summed E-state index contributed by atoms with van der Waals surface area (Å²) in [5.74, 6) is -1.01. The lowest BCUT2D eigenvalue weighted by Crippen LogP contribution is -2.40. The molecular weight excluding hydrogens is 522 g/mol. The molecular formula is C28H25N3O7S. The number of esters is 2. The number of carbonyl (C=O) groups excluding carboxylic acids is 3. The molecule has 1 amide bonds. The van der Waals surface area contributed by atoms with E-state index in [4.69, 9.17) is 14.2 Å². The number of rotatable bonds is 5. The highest BCUT2D eigenvalue weighted by molar-refractivity contribution is 7.07. The highest BCUT2D eigenvalue weighted by atomic mass is 32.1. The molecule has 0 aliphatic carbocycles. The van der Waals surface area contributed by atoms with Gasteiger partial charge >= 0.3 is 11.9 Å². The largest absolute Gasteiger partial charge is 0.493 e. The summed E-state index contributed by atoms with van der Waals surface area (Å²) in [6.07, 6.45) is 0. The molecule has 2 aliphatic heterocycles. The molecule has 0 N–H and O–H groups in total. The van der Waals surface area contributed by atoms with Crippen molar-refractivity contribution in [3.63, 3.8) is 0 Å². The van der Waals surface area contributed by atoms with E-state index in [0.717, 1.165) is 11.3 Å². The topological polar surface area (TPSA) is 117 Å². The molecule has 39 heavy (non-hydrogen) atoms. The summed E-state index contributed by atoms with van der Waals surface area (Å²) in [7, 11) is 3.08. The fourth-order valence-electron chi connectivity index (χ4n) is 4.84. The maximum Gasteiger partial charge on any atom is 0.338 e. The molecule has 11 heteroatoms. The number of methoxy groups -OCH3 is 1. The van der Waals surface area contributed by atoms with Crippen LogP contribution in [0.1, 0.15) is 37.9 Å². The summed E-state index contributed by atoms with van der Waals surface area (Å²) in [5, 5.41) is 0. The second kappa shape index (κ2) is 9.99. The Balaban J connectivity index is 1.80. The van der Waals surface area contributed by atoms with Crippen LogP contribution in [0.2, 0.25) is 0 Å². The van der Waals surface area contributed by atoms with Gasteiger partial charge in [0.1, 0.15) is 4.53 Å². The van der Waals surface area contributed by atoms with Crippen LogP contribution in [0, 0.1) is 0 Å². The van der Waals surface area contributed by atoms with E-state index in [-0.39, 0.29) is 39.7 Å². The van der Waals surface area contributed by atoms with E-state index in [1.807, 2.05) is 18.2 Å². The zero-order valence-electron chi connectivity index (χ0n) is 21.9. The smallest absolute Gasteiger partial charge is 0.338 e. The molecule has 2 aliphatic rings. The molecule has 0 fully saturated rings. The number of nitrogens with zero attached hydrogens (tertiary/aromatic N) is 3. The summed E-state index contributed by atoms with van der Waals surface area (Å²) < 4.78 is 17.6. The number of anilines is 1. The highest BCUT2D eigenvalue weighted by Gasteiger charge is 2.36. The summed E-state index contributed by atoms with van der Waals surface area (Å²) in [6, 6.07) is 11.1. The van der Waals surface area contributed by atoms with Gasteiger partial charge in [-0.25, -0.2) is 9.79 Å². The van der Waals surface area contributed by atoms with Crippen LogP contribution in [0.15, 0.2) is 63.5 Å². The molecule has 10 nitrogen and oxygen atoms in total. The normalized spacial score (nSPS) is 17.4. The SMILES string of the molecule is CCOC(=O)C1=C(C)N=c2sc(=C3C(=O)N(C)c4ccccc43)c(=O)n2C1c1ccc(OC(C)=O)c(OC)c1. The summed E-state index contributed by atoms with van der Waals surface area (Å²) >= 11 is 1.09. The highest BCUT2D eigenvalue weighted by Crippen LogP contribution is 2.37. The van der Waals surface area contributed by atoms with Gasteiger partial charge in [-0.2, -0.15) is 0 Å². The molecule has 3 heterocycles. The quantitative estimate of drug-likeness (QED) is 0.355. The van der Waals surface area contributed by atoms with Crippen LogP contribution >= 0.6 is 11.3 Å². The summed E-state index contributed by atoms with van der Waals surface area (Å²) in [4.78, 5) is 58.5. The minimum Gasteiger partial charge on any atom is -0.493 e. The van der Waals surface area contributed by atoms with Crippen molar-refractivity contribution in [2.75, 3.05) is 25.7 Å². The van der Waals surface area contributed by atoms with Gasteiger partial charge in [0.15, 0.2) is 16.3 Å². The monoisotopic (exact) mass is 547 g/mol. The van der Waals surface area contributed by atoms with Gasteiger partial charge in [0, 0.05) is 19.5 Å². The standard InChI is InChI=1S/C28H25N3O7S/c1-6-37-27(35)21-14(2)29-28-31(23(21)16-11-12-19(38-15(3)32)20(13-16)36-5)26(34)24(39-28)22-17-9-7-8-10-18(17)30(4)25(22)33/h7-13,23H,6H2,1-5H3. The second-order valence-corrected chi connectivity index (χ2v) is 9.86. The maximum atomic E-state index is 14.1. The number of amides is 1. The molecule has 0 saturated carbocycles. The Morgan fingerprint density at radius 2 is 1.85 bits per heavy atom. The van der Waals surface area contributed by atoms with Gasteiger partial charge < -0.3 is 19.1 Å². The zero-order chi connectivity index (χ0) is 28.0. The number of likely N-dealkylation sites (N-methyl/N-ethyl adjacent to an activating group) is 1. The first-order valence-electron chi connectivity index (χ1n) is 12.1. The molecule has 0 radical (unpaired) electrons. The number of benzene rings is 2. The van der Waals surface area contributed by atoms with Gasteiger partial charge in [0.25, 0.3) is 11.5 Å². The number of hydrogen-bond acceptors (Lipinski definition) is 9. The molecule has 1 aromatic heterocycles. The lowest BCUT2D eigenvalue weighted by Gasteiger charge is -2.25. The van der Waals surface area contributed by atoms with Gasteiger partial charge in [-0.05, 0) is 37.6 Å². The van der Waals surface area contributed by atoms with Crippen LogP contribution in [0.4, 0.5) is 5.69 Å². The third-order valence-electron chi connectivity index (χ3n) is 6.53. The molecule has 200 valence electrons. The summed E-state index contributed by atoms with van der Waals surface area (Å²) in [5.41, 5.74) is 2.25. The van der Waals surface area contributed by atoms with E-state index in [1.165, 1.54) is 29.6 Å². The molecule has 1 unspecified atom stereocenters. The van der Waals surface area contributed by atoms with Gasteiger partial charge in [-0.1, -0.05) is 35.6 Å². The van der Waals surface area contributed by atoms with E-state index < -0.39 is 23.5 Å². The third kappa shape index (κ3) is 4.24. The number of thiazole rings is 1. The first-order chi connectivity index (χ1) is 18.7. The maximum absolute atomic E-state index is 14.1. The minimum absolute atomic E-state index is 0.128. The average Bonchev–Trinajstić information content (AvgIpc) is 3.35. The van der Waals surface area contributed by atoms with Crippen LogP contribution in [0.5, 0.6) is 11.5 Å². The zero-order valence-corrected chi connectivity index (χ0v) is 22.8. The van der Waals surface area contributed by atoms with Gasteiger partial charge in [0.2, 0.25) is 0 Å². The van der Waals surface area contributed by atoms with Gasteiger partial charge in [-0.15, -0.1) is 0 Å². The molecule has 5 rings (SSSR count). The number of para-hydroxylation sites is 1. The fourth-order valence-corrected chi connectivity index (χ4v) is 5.98. The Kier molecular flexibility index (Phi) is 6.69. The van der Waals surface area contributed by atoms with E-state index >= 15 is 0 Å². The van der Waals surface area contributed by atoms with Gasteiger partial charge in [0.05, 0.1) is 42.3 Å². The van der Waals surface area contributed by atoms with E-state index in [0.29, 0.717) is 27.3 Å². The number of aromatic nitrogens is 1. The van der Waals surface area contributed by atoms with Crippen molar-refractivity contribution >= 4 is 40.4 Å². The Morgan fingerprint density at radius 1 is 1.10 bits per heavy atom. The Hall–Kier alpha value is -4.51. The molecule has 0 bridgehead atoms. The van der Waals surface area contributed by atoms with Crippen molar-refractivity contribution in [1.29, 1.82) is 0 Å². The molecule has 2 aromatic carbocycles. The number of hydrogen-bond donors (Lipinski definition) is 0. The fraction of sp³-hybridized carbons (Fsp3) is 0.250. The van der Waals surface area contributed by atoms with Crippen LogP contribution in [0.3, 0.4) is 0 Å². The van der Waals surface area contributed by atoms with Crippen LogP contribution in [-0.4, -0.2) is 43.2 Å². The van der Waals surface area contributed by atoms with Crippen molar-refractivity contribution < 1.29 is 28.6 Å². The summed E-state index contributed by atoms with van der Waals surface area (Å²) in [6.45, 7) is 4.77. The first-order valence-corrected chi connectivity index (χ1v) is 13.0. The minimum atomic E-state index is -0.931. The average molecular weight is 548 g/mol. The van der Waals surface area contributed by atoms with Crippen LogP contribution < -0.4 is 29.3 Å². The number of allylic oxidation sites excluding steroid dienone is 1. The van der Waals surface area contributed by atoms with E-state index in [1.54, 1.807) is 39.1 Å². The van der Waals surface area contributed by atoms with Crippen molar-refractivity contribution in [3.05, 3.63) is 84.5 Å². The third-order valence-corrected chi connectivity index (χ3v) is 7.58. The number of fused-ring (bicyclic) bond motifs is 2. The molecule has 1 atom stereocenters. The van der Waals surface area contributed by atoms with E-state index in [9.17, 15) is 19.2 Å². The number of carbonyl (C=O) groups is 3. The lowest BCUT2D eigenvalue weighted by atomic mass is 9.95. The molecule has 0 saturated heterocycles. The Morgan fingerprint density at radius 3 is 2.54 bits per heavy atom. The first kappa shape index (κ1) is 26.1. The Labute approximate surface area is 227 Å². The van der Waals surface area contributed by atoms with E-state index in [2.05, 4.69) is 4.99 Å². The predicted molar refractivity (Wildman–Crippen MR) is 143 cm³/mol. The van der Waals surface area contributed by atoms with Crippen LogP contribution in [0.25, 0.3) is 5.57 Å². The van der Waals surface area contributed by atoms with Crippen molar-refractivity contribution in [2.24, 2.45) is 4.99 Å². The molecule has 0 spiro atoms. The molecule has 3 aromatic rings. The van der Waals surface area contributed by atoms with Crippen molar-refractivity contribution in [2.45, 2.75) is 26.8 Å². The second-order valence-electron chi connectivity index (χ2n) is 8.88. The van der Waals surface area contributed by atoms with Crippen molar-refractivity contribution in [1.82, 2.24) is 4.57 Å². The van der Waals surface area contributed by atoms with Gasteiger partial charge in [-0.3, -0.25) is 19.0 Å².